The number of nitro benzene ring substituents is 1. The minimum Gasteiger partial charge on any atom is -0.391 e. The molecule has 20 heavy (non-hydrogen) atoms. The predicted octanol–water partition coefficient (Wildman–Crippen LogP) is 0.868. The number of aliphatic hydroxyl groups is 1. The summed E-state index contributed by atoms with van der Waals surface area (Å²) in [6.45, 7) is 0.949. The molecule has 1 amide bonds. The highest BCUT2D eigenvalue weighted by Crippen LogP contribution is 2.31. The van der Waals surface area contributed by atoms with Crippen molar-refractivity contribution in [1.29, 1.82) is 0 Å². The molecule has 0 spiro atoms. The lowest BCUT2D eigenvalue weighted by atomic mass is 10.1. The monoisotopic (exact) mass is 279 g/mol. The van der Waals surface area contributed by atoms with E-state index in [2.05, 4.69) is 0 Å². The first kappa shape index (κ1) is 14.3. The van der Waals surface area contributed by atoms with Crippen molar-refractivity contribution in [3.8, 4) is 0 Å². The topological polar surface area (TPSA) is 86.9 Å². The van der Waals surface area contributed by atoms with Gasteiger partial charge in [-0.15, -0.1) is 0 Å². The van der Waals surface area contributed by atoms with Gasteiger partial charge in [-0.1, -0.05) is 0 Å². The van der Waals surface area contributed by atoms with Crippen molar-refractivity contribution in [1.82, 2.24) is 4.90 Å². The fourth-order valence-electron chi connectivity index (χ4n) is 2.29. The van der Waals surface area contributed by atoms with Crippen LogP contribution in [0.4, 0.5) is 11.4 Å². The second kappa shape index (κ2) is 5.46. The summed E-state index contributed by atoms with van der Waals surface area (Å²) >= 11 is 0. The van der Waals surface area contributed by atoms with Gasteiger partial charge in [0, 0.05) is 38.8 Å². The summed E-state index contributed by atoms with van der Waals surface area (Å²) in [5.41, 5.74) is 0.624. The van der Waals surface area contributed by atoms with Crippen molar-refractivity contribution in [2.75, 3.05) is 32.1 Å². The summed E-state index contributed by atoms with van der Waals surface area (Å²) in [5, 5.41) is 20.7. The zero-order valence-corrected chi connectivity index (χ0v) is 11.4. The first-order valence-electron chi connectivity index (χ1n) is 6.33. The Bertz CT molecular complexity index is 544. The van der Waals surface area contributed by atoms with Crippen molar-refractivity contribution in [3.63, 3.8) is 0 Å². The van der Waals surface area contributed by atoms with Crippen molar-refractivity contribution >= 4 is 17.3 Å². The number of anilines is 1. The first-order chi connectivity index (χ1) is 9.40. The fourth-order valence-corrected chi connectivity index (χ4v) is 2.29. The lowest BCUT2D eigenvalue weighted by Gasteiger charge is -2.18. The number of benzene rings is 1. The fraction of sp³-hybridized carbons (Fsp3) is 0.462. The minimum absolute atomic E-state index is 0.105. The van der Waals surface area contributed by atoms with Gasteiger partial charge >= 0.3 is 0 Å². The molecule has 1 aliphatic heterocycles. The molecule has 1 aromatic carbocycles. The van der Waals surface area contributed by atoms with E-state index in [-0.39, 0.29) is 17.2 Å². The third-order valence-electron chi connectivity index (χ3n) is 3.33. The third kappa shape index (κ3) is 2.72. The summed E-state index contributed by atoms with van der Waals surface area (Å²) < 4.78 is 0. The molecule has 7 heteroatoms. The number of carbonyl (C=O) groups is 1. The number of rotatable bonds is 3. The standard InChI is InChI=1S/C13H17N3O4/c1-14(2)13(18)9-3-4-11(12(7-9)16(19)20)15-6-5-10(17)8-15/h3-4,7,10,17H,5-6,8H2,1-2H3/t10-/m0/s1. The van der Waals surface area contributed by atoms with E-state index < -0.39 is 11.0 Å². The Morgan fingerprint density at radius 2 is 2.20 bits per heavy atom. The molecule has 0 unspecified atom stereocenters. The van der Waals surface area contributed by atoms with Crippen LogP contribution >= 0.6 is 0 Å². The van der Waals surface area contributed by atoms with E-state index in [0.717, 1.165) is 0 Å². The summed E-state index contributed by atoms with van der Waals surface area (Å²) in [6.07, 6.45) is 0.132. The Hall–Kier alpha value is -2.15. The van der Waals surface area contributed by atoms with E-state index in [1.54, 1.807) is 31.1 Å². The maximum atomic E-state index is 11.9. The molecule has 1 saturated heterocycles. The molecule has 0 aromatic heterocycles. The van der Waals surface area contributed by atoms with Gasteiger partial charge in [-0.2, -0.15) is 0 Å². The molecule has 0 aliphatic carbocycles. The van der Waals surface area contributed by atoms with Gasteiger partial charge in [-0.25, -0.2) is 0 Å². The number of β-amino-alcohol motifs (C(OH)–C–C–N with tert-alkyl or cyclic N) is 1. The molecular weight excluding hydrogens is 262 g/mol. The highest BCUT2D eigenvalue weighted by atomic mass is 16.6. The van der Waals surface area contributed by atoms with Crippen molar-refractivity contribution in [2.45, 2.75) is 12.5 Å². The van der Waals surface area contributed by atoms with Gasteiger partial charge < -0.3 is 14.9 Å². The summed E-state index contributed by atoms with van der Waals surface area (Å²) in [4.78, 5) is 25.7. The van der Waals surface area contributed by atoms with E-state index >= 15 is 0 Å². The molecule has 1 N–H and O–H groups in total. The largest absolute Gasteiger partial charge is 0.391 e. The number of nitrogens with zero attached hydrogens (tertiary/aromatic N) is 3. The van der Waals surface area contributed by atoms with Crippen LogP contribution in [0.25, 0.3) is 0 Å². The maximum Gasteiger partial charge on any atom is 0.293 e. The van der Waals surface area contributed by atoms with E-state index in [1.165, 1.54) is 11.0 Å². The van der Waals surface area contributed by atoms with E-state index in [9.17, 15) is 20.0 Å². The Labute approximate surface area is 116 Å². The summed E-state index contributed by atoms with van der Waals surface area (Å²) in [5.74, 6) is -0.277. The van der Waals surface area contributed by atoms with Crippen LogP contribution in [0.5, 0.6) is 0 Å². The van der Waals surface area contributed by atoms with Crippen LogP contribution in [-0.4, -0.2) is 54.1 Å². The molecule has 2 rings (SSSR count). The SMILES string of the molecule is CN(C)C(=O)c1ccc(N2CC[C@H](O)C2)c([N+](=O)[O-])c1. The highest BCUT2D eigenvalue weighted by molar-refractivity contribution is 5.95. The molecule has 108 valence electrons. The van der Waals surface area contributed by atoms with Gasteiger partial charge in [0.1, 0.15) is 5.69 Å². The van der Waals surface area contributed by atoms with Gasteiger partial charge in [0.2, 0.25) is 0 Å². The third-order valence-corrected chi connectivity index (χ3v) is 3.33. The van der Waals surface area contributed by atoms with Gasteiger partial charge in [0.05, 0.1) is 11.0 Å². The predicted molar refractivity (Wildman–Crippen MR) is 74.0 cm³/mol. The van der Waals surface area contributed by atoms with Gasteiger partial charge in [0.15, 0.2) is 0 Å². The molecule has 0 radical (unpaired) electrons. The van der Waals surface area contributed by atoms with Crippen LogP contribution in [0.15, 0.2) is 18.2 Å². The van der Waals surface area contributed by atoms with E-state index in [4.69, 9.17) is 0 Å². The molecule has 7 nitrogen and oxygen atoms in total. The van der Waals surface area contributed by atoms with Crippen LogP contribution in [0, 0.1) is 10.1 Å². The highest BCUT2D eigenvalue weighted by Gasteiger charge is 2.27. The second-order valence-corrected chi connectivity index (χ2v) is 5.05. The first-order valence-corrected chi connectivity index (χ1v) is 6.33. The lowest BCUT2D eigenvalue weighted by Crippen LogP contribution is -2.24. The zero-order valence-electron chi connectivity index (χ0n) is 11.4. The van der Waals surface area contributed by atoms with Crippen LogP contribution in [0.2, 0.25) is 0 Å². The smallest absolute Gasteiger partial charge is 0.293 e. The number of hydrogen-bond donors (Lipinski definition) is 1. The lowest BCUT2D eigenvalue weighted by molar-refractivity contribution is -0.384. The molecule has 1 atom stereocenters. The number of amides is 1. The number of nitro groups is 1. The second-order valence-electron chi connectivity index (χ2n) is 5.05. The Balaban J connectivity index is 2.38. The van der Waals surface area contributed by atoms with Crippen LogP contribution in [-0.2, 0) is 0 Å². The molecule has 1 aromatic rings. The molecule has 1 heterocycles. The van der Waals surface area contributed by atoms with Gasteiger partial charge in [-0.3, -0.25) is 14.9 Å². The van der Waals surface area contributed by atoms with Crippen molar-refractivity contribution in [2.24, 2.45) is 0 Å². The summed E-state index contributed by atoms with van der Waals surface area (Å²) in [6, 6.07) is 4.45. The Morgan fingerprint density at radius 1 is 1.50 bits per heavy atom. The van der Waals surface area contributed by atoms with Crippen molar-refractivity contribution < 1.29 is 14.8 Å². The van der Waals surface area contributed by atoms with Crippen LogP contribution < -0.4 is 4.90 Å². The molecular formula is C13H17N3O4. The Kier molecular flexibility index (Phi) is 3.89. The Morgan fingerprint density at radius 3 is 2.70 bits per heavy atom. The quantitative estimate of drug-likeness (QED) is 0.655. The zero-order chi connectivity index (χ0) is 14.9. The average molecular weight is 279 g/mol. The average Bonchev–Trinajstić information content (AvgIpc) is 2.83. The van der Waals surface area contributed by atoms with E-state index in [0.29, 0.717) is 25.2 Å². The number of hydrogen-bond acceptors (Lipinski definition) is 5. The molecule has 1 fully saturated rings. The molecule has 0 saturated carbocycles. The van der Waals surface area contributed by atoms with Crippen molar-refractivity contribution in [3.05, 3.63) is 33.9 Å². The summed E-state index contributed by atoms with van der Waals surface area (Å²) in [7, 11) is 3.19. The number of aliphatic hydroxyl groups excluding tert-OH is 1. The van der Waals surface area contributed by atoms with Crippen LogP contribution in [0.3, 0.4) is 0 Å². The van der Waals surface area contributed by atoms with Gasteiger partial charge in [-0.05, 0) is 18.6 Å². The number of carbonyl (C=O) groups excluding carboxylic acids is 1. The normalized spacial score (nSPS) is 18.1. The minimum atomic E-state index is -0.494. The van der Waals surface area contributed by atoms with E-state index in [1.807, 2.05) is 0 Å². The molecule has 0 bridgehead atoms. The molecule has 1 aliphatic rings. The maximum absolute atomic E-state index is 11.9. The van der Waals surface area contributed by atoms with Gasteiger partial charge in [0.25, 0.3) is 11.6 Å². The van der Waals surface area contributed by atoms with Crippen LogP contribution in [0.1, 0.15) is 16.8 Å².